The molecule has 0 saturated heterocycles. The van der Waals surface area contributed by atoms with Gasteiger partial charge < -0.3 is 0 Å². The summed E-state index contributed by atoms with van der Waals surface area (Å²) in [6.07, 6.45) is 2.69. The molecule has 0 aromatic heterocycles. The van der Waals surface area contributed by atoms with E-state index >= 15 is 0 Å². The third kappa shape index (κ3) is 3.60. The highest BCUT2D eigenvalue weighted by Crippen LogP contribution is 2.48. The Morgan fingerprint density at radius 3 is 1.46 bits per heavy atom. The lowest BCUT2D eigenvalue weighted by Crippen LogP contribution is -2.19. The van der Waals surface area contributed by atoms with Crippen LogP contribution in [0.2, 0.25) is 0 Å². The molecule has 0 aliphatic heterocycles. The molecule has 4 unspecified atom stereocenters. The average molecular weight is 338 g/mol. The largest absolute Gasteiger partial charge is 0.0622 e. The van der Waals surface area contributed by atoms with E-state index in [1.54, 1.807) is 0 Å². The highest BCUT2D eigenvalue weighted by Gasteiger charge is 2.41. The van der Waals surface area contributed by atoms with Gasteiger partial charge in [-0.1, -0.05) is 88.4 Å². The molecule has 3 rings (SSSR count). The molecule has 4 atom stereocenters. The Bertz CT molecular complexity index is 567. The zero-order valence-corrected chi connectivity index (χ0v) is 16.4. The minimum atomic E-state index is -0.234. The average Bonchev–Trinajstić information content (AvgIpc) is 2.81. The first-order chi connectivity index (χ1) is 11.6. The molecule has 0 radical (unpaired) electrons. The molecule has 2 aromatic carbocycles. The molecule has 0 N–H and O–H groups in total. The van der Waals surface area contributed by atoms with Gasteiger partial charge in [0.1, 0.15) is 0 Å². The van der Waals surface area contributed by atoms with Crippen LogP contribution in [0.5, 0.6) is 0 Å². The number of hydrogen-bond donors (Lipinski definition) is 0. The van der Waals surface area contributed by atoms with Crippen molar-refractivity contribution in [1.29, 1.82) is 0 Å². The Morgan fingerprint density at radius 2 is 1.04 bits per heavy atom. The van der Waals surface area contributed by atoms with E-state index in [4.69, 9.17) is 0 Å². The third-order valence-corrected chi connectivity index (χ3v) is 9.21. The van der Waals surface area contributed by atoms with Crippen molar-refractivity contribution in [3.63, 3.8) is 0 Å². The van der Waals surface area contributed by atoms with Crippen LogP contribution in [0.25, 0.3) is 0 Å². The summed E-state index contributed by atoms with van der Waals surface area (Å²) in [5, 5.41) is 3.05. The molecule has 2 aromatic rings. The van der Waals surface area contributed by atoms with E-state index < -0.39 is 0 Å². The second kappa shape index (κ2) is 7.83. The van der Waals surface area contributed by atoms with Crippen LogP contribution < -0.4 is 10.6 Å². The summed E-state index contributed by atoms with van der Waals surface area (Å²) in [7, 11) is -0.234. The molecule has 24 heavy (non-hydrogen) atoms. The second-order valence-corrected chi connectivity index (χ2v) is 10.0. The smallest absolute Gasteiger partial charge is 0.0195 e. The predicted octanol–water partition coefficient (Wildman–Crippen LogP) is 5.68. The van der Waals surface area contributed by atoms with Crippen LogP contribution in [0.3, 0.4) is 0 Å². The van der Waals surface area contributed by atoms with E-state index in [9.17, 15) is 0 Å². The first-order valence-electron chi connectivity index (χ1n) is 9.47. The van der Waals surface area contributed by atoms with Crippen LogP contribution in [0, 0.1) is 29.6 Å². The predicted molar refractivity (Wildman–Crippen MR) is 109 cm³/mol. The van der Waals surface area contributed by atoms with Crippen molar-refractivity contribution in [1.82, 2.24) is 0 Å². The van der Waals surface area contributed by atoms with Gasteiger partial charge in [0, 0.05) is 0 Å². The summed E-state index contributed by atoms with van der Waals surface area (Å²) >= 11 is 0. The van der Waals surface area contributed by atoms with Crippen molar-refractivity contribution in [2.45, 2.75) is 34.1 Å². The monoisotopic (exact) mass is 338 g/mol. The molecule has 1 fully saturated rings. The van der Waals surface area contributed by atoms with Gasteiger partial charge in [-0.2, -0.15) is 0 Å². The van der Waals surface area contributed by atoms with Gasteiger partial charge in [-0.3, -0.25) is 0 Å². The van der Waals surface area contributed by atoms with Crippen molar-refractivity contribution in [2.24, 2.45) is 29.6 Å². The van der Waals surface area contributed by atoms with Gasteiger partial charge in [0.2, 0.25) is 0 Å². The van der Waals surface area contributed by atoms with E-state index in [1.807, 2.05) is 0 Å². The van der Waals surface area contributed by atoms with Gasteiger partial charge in [-0.05, 0) is 60.7 Å². The maximum atomic E-state index is 2.49. The summed E-state index contributed by atoms with van der Waals surface area (Å²) in [5.74, 6) is 4.33. The van der Waals surface area contributed by atoms with Crippen LogP contribution in [-0.4, -0.2) is 6.16 Å². The lowest BCUT2D eigenvalue weighted by atomic mass is 9.87. The fourth-order valence-electron chi connectivity index (χ4n) is 4.64. The van der Waals surface area contributed by atoms with Gasteiger partial charge in [-0.15, -0.1) is 0 Å². The summed E-state index contributed by atoms with van der Waals surface area (Å²) < 4.78 is 0. The highest BCUT2D eigenvalue weighted by atomic mass is 31.1. The second-order valence-electron chi connectivity index (χ2n) is 7.71. The van der Waals surface area contributed by atoms with E-state index in [-0.39, 0.29) is 7.92 Å². The third-order valence-electron chi connectivity index (χ3n) is 6.66. The molecule has 0 nitrogen and oxygen atoms in total. The molecule has 1 aliphatic rings. The zero-order chi connectivity index (χ0) is 17.1. The van der Waals surface area contributed by atoms with Crippen molar-refractivity contribution in [2.75, 3.05) is 6.16 Å². The maximum Gasteiger partial charge on any atom is -0.0195 e. The zero-order valence-electron chi connectivity index (χ0n) is 15.5. The summed E-state index contributed by atoms with van der Waals surface area (Å²) in [6.45, 7) is 9.90. The molecule has 1 saturated carbocycles. The van der Waals surface area contributed by atoms with Crippen LogP contribution in [0.15, 0.2) is 60.7 Å². The lowest BCUT2D eigenvalue weighted by molar-refractivity contribution is 0.313. The molecule has 0 bridgehead atoms. The summed E-state index contributed by atoms with van der Waals surface area (Å²) in [6, 6.07) is 22.3. The Labute approximate surface area is 149 Å². The quantitative estimate of drug-likeness (QED) is 0.615. The van der Waals surface area contributed by atoms with E-state index in [2.05, 4.69) is 88.4 Å². The molecular formula is C23H31P. The number of hydrogen-bond acceptors (Lipinski definition) is 0. The molecule has 0 heterocycles. The Kier molecular flexibility index (Phi) is 5.77. The summed E-state index contributed by atoms with van der Waals surface area (Å²) in [4.78, 5) is 0. The van der Waals surface area contributed by atoms with E-state index in [0.717, 1.165) is 29.6 Å². The van der Waals surface area contributed by atoms with E-state index in [0.29, 0.717) is 0 Å². The van der Waals surface area contributed by atoms with Crippen molar-refractivity contribution in [3.8, 4) is 0 Å². The molecule has 0 spiro atoms. The maximum absolute atomic E-state index is 2.49. The molecule has 128 valence electrons. The van der Waals surface area contributed by atoms with Gasteiger partial charge in [-0.25, -0.2) is 0 Å². The van der Waals surface area contributed by atoms with Crippen LogP contribution in [-0.2, 0) is 0 Å². The van der Waals surface area contributed by atoms with Crippen molar-refractivity contribution >= 4 is 18.5 Å². The Balaban J connectivity index is 1.78. The minimum Gasteiger partial charge on any atom is -0.0622 e. The highest BCUT2D eigenvalue weighted by molar-refractivity contribution is 7.73. The standard InChI is InChI=1S/C23H31P/c1-17-18(2)20(4)23(19(17)3)15-16-24(21-11-7-5-8-12-21)22-13-9-6-10-14-22/h5-14,17-20,23H,15-16H2,1-4H3. The topological polar surface area (TPSA) is 0 Å². The molecule has 1 heteroatoms. The van der Waals surface area contributed by atoms with Gasteiger partial charge in [0.05, 0.1) is 0 Å². The molecule has 0 amide bonds. The summed E-state index contributed by atoms with van der Waals surface area (Å²) in [5.41, 5.74) is 0. The number of benzene rings is 2. The fourth-order valence-corrected chi connectivity index (χ4v) is 7.08. The normalized spacial score (nSPS) is 30.0. The first kappa shape index (κ1) is 17.7. The fraction of sp³-hybridized carbons (Fsp3) is 0.478. The van der Waals surface area contributed by atoms with Crippen LogP contribution >= 0.6 is 7.92 Å². The molecular weight excluding hydrogens is 307 g/mol. The minimum absolute atomic E-state index is 0.234. The van der Waals surface area contributed by atoms with Gasteiger partial charge in [0.15, 0.2) is 0 Å². The van der Waals surface area contributed by atoms with Crippen LogP contribution in [0.4, 0.5) is 0 Å². The van der Waals surface area contributed by atoms with Crippen molar-refractivity contribution in [3.05, 3.63) is 60.7 Å². The van der Waals surface area contributed by atoms with E-state index in [1.165, 1.54) is 23.2 Å². The Morgan fingerprint density at radius 1 is 0.625 bits per heavy atom. The van der Waals surface area contributed by atoms with Gasteiger partial charge >= 0.3 is 0 Å². The Hall–Kier alpha value is -1.13. The first-order valence-corrected chi connectivity index (χ1v) is 11.0. The SMILES string of the molecule is CC1C(C)C(C)C(CCP(c2ccccc2)c2ccccc2)C1C. The lowest BCUT2D eigenvalue weighted by Gasteiger charge is -2.25. The van der Waals surface area contributed by atoms with Gasteiger partial charge in [0.25, 0.3) is 0 Å². The number of rotatable bonds is 5. The molecule has 1 aliphatic carbocycles. The van der Waals surface area contributed by atoms with Crippen molar-refractivity contribution < 1.29 is 0 Å². The van der Waals surface area contributed by atoms with Crippen LogP contribution in [0.1, 0.15) is 34.1 Å².